The van der Waals surface area contributed by atoms with Gasteiger partial charge in [-0.05, 0) is 24.1 Å². The minimum Gasteiger partial charge on any atom is -0.373 e. The first-order valence-electron chi connectivity index (χ1n) is 6.08. The quantitative estimate of drug-likeness (QED) is 0.674. The Kier molecular flexibility index (Phi) is 3.75. The normalized spacial score (nSPS) is 10.2. The van der Waals surface area contributed by atoms with Crippen LogP contribution in [0, 0.1) is 10.1 Å². The zero-order valence-corrected chi connectivity index (χ0v) is 10.9. The fourth-order valence-electron chi connectivity index (χ4n) is 1.89. The Morgan fingerprint density at radius 1 is 1.32 bits per heavy atom. The van der Waals surface area contributed by atoms with Gasteiger partial charge in [-0.25, -0.2) is 4.98 Å². The van der Waals surface area contributed by atoms with Crippen molar-refractivity contribution in [2.24, 2.45) is 0 Å². The third-order valence-corrected chi connectivity index (χ3v) is 2.94. The van der Waals surface area contributed by atoms with Crippen molar-refractivity contribution in [3.63, 3.8) is 0 Å². The molecule has 0 saturated heterocycles. The standard InChI is InChI=1S/C14H15N3O2/c1-3-10-5-4-6-11(9-10)14-12(17(18)19)7-8-13(15-2)16-14/h4-9H,3H2,1-2H3,(H,15,16). The first-order chi connectivity index (χ1) is 9.15. The number of hydrogen-bond donors (Lipinski definition) is 1. The number of aromatic nitrogens is 1. The number of anilines is 1. The van der Waals surface area contributed by atoms with Crippen LogP contribution in [0.1, 0.15) is 12.5 Å². The SMILES string of the molecule is CCc1cccc(-c2nc(NC)ccc2[N+](=O)[O-])c1. The molecule has 19 heavy (non-hydrogen) atoms. The summed E-state index contributed by atoms with van der Waals surface area (Å²) in [6.07, 6.45) is 0.882. The van der Waals surface area contributed by atoms with E-state index in [1.807, 2.05) is 31.2 Å². The Balaban J connectivity index is 2.60. The fourth-order valence-corrected chi connectivity index (χ4v) is 1.89. The van der Waals surface area contributed by atoms with E-state index in [1.54, 1.807) is 13.1 Å². The van der Waals surface area contributed by atoms with Gasteiger partial charge in [-0.15, -0.1) is 0 Å². The van der Waals surface area contributed by atoms with Crippen molar-refractivity contribution in [3.8, 4) is 11.3 Å². The van der Waals surface area contributed by atoms with Crippen molar-refractivity contribution in [3.05, 3.63) is 52.1 Å². The van der Waals surface area contributed by atoms with Gasteiger partial charge in [0.1, 0.15) is 5.82 Å². The number of rotatable bonds is 4. The lowest BCUT2D eigenvalue weighted by atomic mass is 10.0. The number of nitrogens with zero attached hydrogens (tertiary/aromatic N) is 2. The molecule has 0 bridgehead atoms. The highest BCUT2D eigenvalue weighted by Crippen LogP contribution is 2.29. The highest BCUT2D eigenvalue weighted by Gasteiger charge is 2.17. The molecular formula is C14H15N3O2. The lowest BCUT2D eigenvalue weighted by Crippen LogP contribution is -1.99. The molecule has 0 unspecified atom stereocenters. The molecule has 98 valence electrons. The van der Waals surface area contributed by atoms with Crippen molar-refractivity contribution in [1.82, 2.24) is 4.98 Å². The van der Waals surface area contributed by atoms with Crippen LogP contribution in [0.4, 0.5) is 11.5 Å². The first kappa shape index (κ1) is 13.0. The minimum atomic E-state index is -0.402. The van der Waals surface area contributed by atoms with E-state index in [2.05, 4.69) is 10.3 Å². The maximum atomic E-state index is 11.1. The lowest BCUT2D eigenvalue weighted by Gasteiger charge is -2.06. The smallest absolute Gasteiger partial charge is 0.295 e. The zero-order chi connectivity index (χ0) is 13.8. The number of nitro groups is 1. The second kappa shape index (κ2) is 5.48. The Labute approximate surface area is 111 Å². The molecule has 0 amide bonds. The average Bonchev–Trinajstić information content (AvgIpc) is 2.46. The predicted octanol–water partition coefficient (Wildman–Crippen LogP) is 3.26. The second-order valence-corrected chi connectivity index (χ2v) is 4.13. The summed E-state index contributed by atoms with van der Waals surface area (Å²) >= 11 is 0. The number of hydrogen-bond acceptors (Lipinski definition) is 4. The lowest BCUT2D eigenvalue weighted by molar-refractivity contribution is -0.384. The van der Waals surface area contributed by atoms with E-state index in [9.17, 15) is 10.1 Å². The molecule has 0 aliphatic heterocycles. The predicted molar refractivity (Wildman–Crippen MR) is 75.3 cm³/mol. The molecular weight excluding hydrogens is 242 g/mol. The van der Waals surface area contributed by atoms with Crippen LogP contribution < -0.4 is 5.32 Å². The highest BCUT2D eigenvalue weighted by atomic mass is 16.6. The molecule has 1 N–H and O–H groups in total. The topological polar surface area (TPSA) is 68.1 Å². The van der Waals surface area contributed by atoms with Gasteiger partial charge in [-0.1, -0.05) is 25.1 Å². The van der Waals surface area contributed by atoms with Crippen molar-refractivity contribution >= 4 is 11.5 Å². The van der Waals surface area contributed by atoms with Gasteiger partial charge in [0.25, 0.3) is 5.69 Å². The third kappa shape index (κ3) is 2.70. The third-order valence-electron chi connectivity index (χ3n) is 2.94. The van der Waals surface area contributed by atoms with Crippen LogP contribution in [0.3, 0.4) is 0 Å². The number of aryl methyl sites for hydroxylation is 1. The summed E-state index contributed by atoms with van der Waals surface area (Å²) < 4.78 is 0. The van der Waals surface area contributed by atoms with Gasteiger partial charge < -0.3 is 5.32 Å². The zero-order valence-electron chi connectivity index (χ0n) is 10.9. The van der Waals surface area contributed by atoms with Gasteiger partial charge in [0.05, 0.1) is 4.92 Å². The van der Waals surface area contributed by atoms with Crippen LogP contribution in [0.25, 0.3) is 11.3 Å². The van der Waals surface area contributed by atoms with Crippen molar-refractivity contribution < 1.29 is 4.92 Å². The summed E-state index contributed by atoms with van der Waals surface area (Å²) in [5, 5.41) is 14.0. The molecule has 1 aromatic carbocycles. The van der Waals surface area contributed by atoms with Crippen molar-refractivity contribution in [2.75, 3.05) is 12.4 Å². The number of nitrogens with one attached hydrogen (secondary N) is 1. The maximum Gasteiger partial charge on any atom is 0.295 e. The molecule has 0 radical (unpaired) electrons. The van der Waals surface area contributed by atoms with E-state index in [0.29, 0.717) is 11.5 Å². The molecule has 1 aromatic heterocycles. The summed E-state index contributed by atoms with van der Waals surface area (Å²) in [7, 11) is 1.74. The van der Waals surface area contributed by atoms with Crippen LogP contribution in [-0.4, -0.2) is 17.0 Å². The van der Waals surface area contributed by atoms with E-state index >= 15 is 0 Å². The van der Waals surface area contributed by atoms with Crippen LogP contribution in [0.5, 0.6) is 0 Å². The molecule has 1 heterocycles. The fraction of sp³-hybridized carbons (Fsp3) is 0.214. The monoisotopic (exact) mass is 257 g/mol. The minimum absolute atomic E-state index is 0.0206. The van der Waals surface area contributed by atoms with Crippen molar-refractivity contribution in [2.45, 2.75) is 13.3 Å². The summed E-state index contributed by atoms with van der Waals surface area (Å²) in [5.74, 6) is 0.613. The van der Waals surface area contributed by atoms with Gasteiger partial charge in [-0.2, -0.15) is 0 Å². The Bertz CT molecular complexity index is 611. The van der Waals surface area contributed by atoms with E-state index < -0.39 is 4.92 Å². The maximum absolute atomic E-state index is 11.1. The summed E-state index contributed by atoms with van der Waals surface area (Å²) in [6.45, 7) is 2.05. The van der Waals surface area contributed by atoms with E-state index in [-0.39, 0.29) is 5.69 Å². The number of benzene rings is 1. The molecule has 5 nitrogen and oxygen atoms in total. The molecule has 0 saturated carbocycles. The summed E-state index contributed by atoms with van der Waals surface area (Å²) in [5.41, 5.74) is 2.31. The molecule has 2 rings (SSSR count). The van der Waals surface area contributed by atoms with Gasteiger partial charge in [0, 0.05) is 18.7 Å². The van der Waals surface area contributed by atoms with Crippen LogP contribution in [0.15, 0.2) is 36.4 Å². The van der Waals surface area contributed by atoms with E-state index in [1.165, 1.54) is 6.07 Å². The van der Waals surface area contributed by atoms with Gasteiger partial charge in [0.15, 0.2) is 5.69 Å². The van der Waals surface area contributed by atoms with Crippen LogP contribution in [-0.2, 0) is 6.42 Å². The van der Waals surface area contributed by atoms with E-state index in [4.69, 9.17) is 0 Å². The Hall–Kier alpha value is -2.43. The Morgan fingerprint density at radius 3 is 2.74 bits per heavy atom. The number of pyridine rings is 1. The summed E-state index contributed by atoms with van der Waals surface area (Å²) in [4.78, 5) is 15.0. The van der Waals surface area contributed by atoms with E-state index in [0.717, 1.165) is 17.5 Å². The Morgan fingerprint density at radius 2 is 2.11 bits per heavy atom. The van der Waals surface area contributed by atoms with Crippen LogP contribution >= 0.6 is 0 Å². The second-order valence-electron chi connectivity index (χ2n) is 4.13. The highest BCUT2D eigenvalue weighted by molar-refractivity contribution is 5.71. The summed E-state index contributed by atoms with van der Waals surface area (Å²) in [6, 6.07) is 10.8. The molecule has 5 heteroatoms. The average molecular weight is 257 g/mol. The molecule has 0 atom stereocenters. The van der Waals surface area contributed by atoms with Gasteiger partial charge in [0.2, 0.25) is 0 Å². The first-order valence-corrected chi connectivity index (χ1v) is 6.08. The van der Waals surface area contributed by atoms with Gasteiger partial charge in [-0.3, -0.25) is 10.1 Å². The van der Waals surface area contributed by atoms with Crippen molar-refractivity contribution in [1.29, 1.82) is 0 Å². The van der Waals surface area contributed by atoms with Crippen LogP contribution in [0.2, 0.25) is 0 Å². The van der Waals surface area contributed by atoms with Gasteiger partial charge >= 0.3 is 0 Å². The largest absolute Gasteiger partial charge is 0.373 e. The molecule has 0 aliphatic rings. The molecule has 2 aromatic rings. The molecule has 0 aliphatic carbocycles. The molecule has 0 fully saturated rings. The molecule has 0 spiro atoms.